The van der Waals surface area contributed by atoms with Crippen molar-refractivity contribution in [3.63, 3.8) is 0 Å². The van der Waals surface area contributed by atoms with Crippen LogP contribution in [-0.2, 0) is 6.54 Å². The highest BCUT2D eigenvalue weighted by molar-refractivity contribution is 5.80. The summed E-state index contributed by atoms with van der Waals surface area (Å²) in [5, 5.41) is 13.7. The van der Waals surface area contributed by atoms with Gasteiger partial charge in [0.15, 0.2) is 11.5 Å². The molecule has 0 radical (unpaired) electrons. The lowest BCUT2D eigenvalue weighted by atomic mass is 10.2. The summed E-state index contributed by atoms with van der Waals surface area (Å²) in [6, 6.07) is 11.3. The van der Waals surface area contributed by atoms with Gasteiger partial charge in [0.1, 0.15) is 0 Å². The molecule has 28 heavy (non-hydrogen) atoms. The lowest BCUT2D eigenvalue weighted by molar-refractivity contribution is -0.384. The second-order valence-electron chi connectivity index (χ2n) is 6.22. The Morgan fingerprint density at radius 3 is 2.71 bits per heavy atom. The van der Waals surface area contributed by atoms with E-state index >= 15 is 0 Å². The molecule has 0 bridgehead atoms. The fourth-order valence-electron chi connectivity index (χ4n) is 2.90. The van der Waals surface area contributed by atoms with Gasteiger partial charge in [-0.1, -0.05) is 6.07 Å². The van der Waals surface area contributed by atoms with E-state index in [2.05, 4.69) is 10.1 Å². The minimum absolute atomic E-state index is 0.0365. The SMILES string of the molecule is Cc1[nH]n(-c2ccc([N+](=O)[O-])cc2)c(=O)c1C=NCc1ccc2c(c1)OCO2. The Hall–Kier alpha value is -3.88. The number of hydrogen-bond acceptors (Lipinski definition) is 6. The zero-order chi connectivity index (χ0) is 19.7. The highest BCUT2D eigenvalue weighted by Crippen LogP contribution is 2.32. The van der Waals surface area contributed by atoms with Crippen LogP contribution < -0.4 is 15.0 Å². The maximum absolute atomic E-state index is 12.7. The first-order valence-corrected chi connectivity index (χ1v) is 8.48. The Balaban J connectivity index is 1.55. The van der Waals surface area contributed by atoms with E-state index in [1.165, 1.54) is 35.2 Å². The van der Waals surface area contributed by atoms with E-state index in [1.807, 2.05) is 18.2 Å². The van der Waals surface area contributed by atoms with Crippen LogP contribution in [0.2, 0.25) is 0 Å². The molecule has 2 aromatic carbocycles. The summed E-state index contributed by atoms with van der Waals surface area (Å²) in [4.78, 5) is 27.3. The molecule has 9 heteroatoms. The van der Waals surface area contributed by atoms with E-state index in [-0.39, 0.29) is 18.0 Å². The largest absolute Gasteiger partial charge is 0.454 e. The van der Waals surface area contributed by atoms with Crippen molar-refractivity contribution in [2.45, 2.75) is 13.5 Å². The van der Waals surface area contributed by atoms with Crippen molar-refractivity contribution in [2.24, 2.45) is 4.99 Å². The lowest BCUT2D eigenvalue weighted by Crippen LogP contribution is -2.17. The van der Waals surface area contributed by atoms with Crippen LogP contribution in [0.1, 0.15) is 16.8 Å². The predicted molar refractivity (Wildman–Crippen MR) is 102 cm³/mol. The number of aromatic nitrogens is 2. The molecule has 1 N–H and O–H groups in total. The van der Waals surface area contributed by atoms with Crippen LogP contribution in [0.25, 0.3) is 5.69 Å². The van der Waals surface area contributed by atoms with Crippen LogP contribution in [0.15, 0.2) is 52.3 Å². The molecular formula is C19H16N4O5. The van der Waals surface area contributed by atoms with Gasteiger partial charge in [0, 0.05) is 24.0 Å². The van der Waals surface area contributed by atoms with Crippen molar-refractivity contribution in [3.8, 4) is 17.2 Å². The van der Waals surface area contributed by atoms with Crippen molar-refractivity contribution >= 4 is 11.9 Å². The molecular weight excluding hydrogens is 364 g/mol. The van der Waals surface area contributed by atoms with Crippen LogP contribution >= 0.6 is 0 Å². The summed E-state index contributed by atoms with van der Waals surface area (Å²) in [5.41, 5.74) is 2.21. The highest BCUT2D eigenvalue weighted by Gasteiger charge is 2.14. The molecule has 1 aromatic heterocycles. The number of benzene rings is 2. The lowest BCUT2D eigenvalue weighted by Gasteiger charge is -2.00. The first-order chi connectivity index (χ1) is 13.5. The van der Waals surface area contributed by atoms with Gasteiger partial charge in [0.25, 0.3) is 11.2 Å². The molecule has 142 valence electrons. The van der Waals surface area contributed by atoms with Crippen molar-refractivity contribution < 1.29 is 14.4 Å². The zero-order valence-corrected chi connectivity index (χ0v) is 14.9. The summed E-state index contributed by atoms with van der Waals surface area (Å²) in [6.45, 7) is 2.37. The van der Waals surface area contributed by atoms with Crippen LogP contribution in [-0.4, -0.2) is 27.7 Å². The first-order valence-electron chi connectivity index (χ1n) is 8.48. The highest BCUT2D eigenvalue weighted by atomic mass is 16.7. The summed E-state index contributed by atoms with van der Waals surface area (Å²) < 4.78 is 12.0. The van der Waals surface area contributed by atoms with E-state index in [1.54, 1.807) is 6.92 Å². The number of aliphatic imine (C=N–C) groups is 1. The number of nitro groups is 1. The standard InChI is InChI=1S/C19H16N4O5/c1-12-16(10-20-9-13-2-7-17-18(8-13)28-11-27-17)19(24)22(21-12)14-3-5-15(6-4-14)23(25)26/h2-8,10,21H,9,11H2,1H3. The second kappa shape index (κ2) is 7.03. The Kier molecular flexibility index (Phi) is 4.40. The van der Waals surface area contributed by atoms with Gasteiger partial charge in [0.05, 0.1) is 22.7 Å². The van der Waals surface area contributed by atoms with Crippen LogP contribution in [0.5, 0.6) is 11.5 Å². The Morgan fingerprint density at radius 2 is 1.96 bits per heavy atom. The number of H-pyrrole nitrogens is 1. The fraction of sp³-hybridized carbons (Fsp3) is 0.158. The molecule has 4 rings (SSSR count). The Bertz CT molecular complexity index is 1130. The monoisotopic (exact) mass is 380 g/mol. The van der Waals surface area contributed by atoms with Crippen LogP contribution in [0.3, 0.4) is 0 Å². The smallest absolute Gasteiger partial charge is 0.280 e. The van der Waals surface area contributed by atoms with E-state index in [4.69, 9.17) is 9.47 Å². The normalized spacial score (nSPS) is 12.6. The number of rotatable bonds is 5. The molecule has 0 saturated heterocycles. The number of fused-ring (bicyclic) bond motifs is 1. The van der Waals surface area contributed by atoms with Crippen LogP contribution in [0, 0.1) is 17.0 Å². The summed E-state index contributed by atoms with van der Waals surface area (Å²) in [6.07, 6.45) is 1.53. The van der Waals surface area contributed by atoms with E-state index in [0.29, 0.717) is 35.0 Å². The summed E-state index contributed by atoms with van der Waals surface area (Å²) in [5.74, 6) is 1.39. The average Bonchev–Trinajstić information content (AvgIpc) is 3.27. The number of aromatic amines is 1. The minimum atomic E-state index is -0.485. The minimum Gasteiger partial charge on any atom is -0.454 e. The molecule has 0 amide bonds. The summed E-state index contributed by atoms with van der Waals surface area (Å²) in [7, 11) is 0. The van der Waals surface area contributed by atoms with Gasteiger partial charge < -0.3 is 9.47 Å². The summed E-state index contributed by atoms with van der Waals surface area (Å²) >= 11 is 0. The Morgan fingerprint density at radius 1 is 1.21 bits per heavy atom. The van der Waals surface area contributed by atoms with Gasteiger partial charge in [-0.3, -0.25) is 25.0 Å². The van der Waals surface area contributed by atoms with E-state index < -0.39 is 4.92 Å². The maximum Gasteiger partial charge on any atom is 0.280 e. The zero-order valence-electron chi connectivity index (χ0n) is 14.9. The van der Waals surface area contributed by atoms with Gasteiger partial charge in [0.2, 0.25) is 6.79 Å². The number of ether oxygens (including phenoxy) is 2. The number of aryl methyl sites for hydroxylation is 1. The number of non-ortho nitro benzene ring substituents is 1. The van der Waals surface area contributed by atoms with Gasteiger partial charge >= 0.3 is 0 Å². The van der Waals surface area contributed by atoms with Gasteiger partial charge in [-0.25, -0.2) is 4.68 Å². The molecule has 0 atom stereocenters. The molecule has 2 heterocycles. The molecule has 0 aliphatic carbocycles. The van der Waals surface area contributed by atoms with Crippen molar-refractivity contribution in [2.75, 3.05) is 6.79 Å². The molecule has 1 aliphatic rings. The molecule has 3 aromatic rings. The Labute approximate surface area is 159 Å². The fourth-order valence-corrected chi connectivity index (χ4v) is 2.90. The van der Waals surface area contributed by atoms with Gasteiger partial charge in [-0.15, -0.1) is 0 Å². The van der Waals surface area contributed by atoms with Crippen molar-refractivity contribution in [3.05, 3.63) is 79.8 Å². The average molecular weight is 380 g/mol. The van der Waals surface area contributed by atoms with Gasteiger partial charge in [-0.2, -0.15) is 0 Å². The third-order valence-electron chi connectivity index (χ3n) is 4.37. The van der Waals surface area contributed by atoms with Gasteiger partial charge in [-0.05, 0) is 36.8 Å². The predicted octanol–water partition coefficient (Wildman–Crippen LogP) is 2.73. The molecule has 9 nitrogen and oxygen atoms in total. The number of nitrogens with one attached hydrogen (secondary N) is 1. The van der Waals surface area contributed by atoms with Crippen molar-refractivity contribution in [1.82, 2.24) is 9.78 Å². The topological polar surface area (TPSA) is 112 Å². The third kappa shape index (κ3) is 3.25. The molecule has 0 spiro atoms. The molecule has 0 fully saturated rings. The van der Waals surface area contributed by atoms with Crippen molar-refractivity contribution in [1.29, 1.82) is 0 Å². The number of nitro benzene ring substituents is 1. The molecule has 1 aliphatic heterocycles. The van der Waals surface area contributed by atoms with E-state index in [9.17, 15) is 14.9 Å². The quantitative estimate of drug-likeness (QED) is 0.415. The number of nitrogens with zero attached hydrogens (tertiary/aromatic N) is 3. The third-order valence-corrected chi connectivity index (χ3v) is 4.37. The number of hydrogen-bond donors (Lipinski definition) is 1. The molecule has 0 unspecified atom stereocenters. The maximum atomic E-state index is 12.7. The second-order valence-corrected chi connectivity index (χ2v) is 6.22. The van der Waals surface area contributed by atoms with Crippen LogP contribution in [0.4, 0.5) is 5.69 Å². The molecule has 0 saturated carbocycles. The van der Waals surface area contributed by atoms with E-state index in [0.717, 1.165) is 5.56 Å². The first kappa shape index (κ1) is 17.5.